The van der Waals surface area contributed by atoms with Crippen LogP contribution in [0.4, 0.5) is 0 Å². The van der Waals surface area contributed by atoms with Gasteiger partial charge in [0.05, 0.1) is 21.3 Å². The molecule has 3 nitrogen and oxygen atoms in total. The summed E-state index contributed by atoms with van der Waals surface area (Å²) in [4.78, 5) is 0. The van der Waals surface area contributed by atoms with E-state index < -0.39 is 0 Å². The van der Waals surface area contributed by atoms with Gasteiger partial charge in [-0.25, -0.2) is 0 Å². The van der Waals surface area contributed by atoms with Crippen molar-refractivity contribution in [2.24, 2.45) is 0 Å². The highest BCUT2D eigenvalue weighted by Crippen LogP contribution is 2.43. The first kappa shape index (κ1) is 23.7. The largest absolute Gasteiger partial charge is 0.493 e. The standard InChI is InChI=1S/C29H36O3/c1-5-6-13-22(25-20-27(30-2)29(32-4)28(21-25)31-3)18-19-26(23-14-9-7-10-15-23)24-16-11-8-12-17-24/h7-12,14-17,20-22,26H,5-6,13,18-19H2,1-4H3. The number of hydrogen-bond acceptors (Lipinski definition) is 3. The Morgan fingerprint density at radius 3 is 1.59 bits per heavy atom. The minimum Gasteiger partial charge on any atom is -0.493 e. The summed E-state index contributed by atoms with van der Waals surface area (Å²) in [6.45, 7) is 2.25. The van der Waals surface area contributed by atoms with Crippen LogP contribution in [-0.4, -0.2) is 21.3 Å². The van der Waals surface area contributed by atoms with Crippen molar-refractivity contribution >= 4 is 0 Å². The maximum Gasteiger partial charge on any atom is 0.203 e. The third kappa shape index (κ3) is 5.85. The van der Waals surface area contributed by atoms with Gasteiger partial charge in [-0.1, -0.05) is 80.4 Å². The fraction of sp³-hybridized carbons (Fsp3) is 0.379. The van der Waals surface area contributed by atoms with Crippen molar-refractivity contribution in [2.45, 2.75) is 50.9 Å². The summed E-state index contributed by atoms with van der Waals surface area (Å²) in [6, 6.07) is 26.0. The van der Waals surface area contributed by atoms with Gasteiger partial charge >= 0.3 is 0 Å². The van der Waals surface area contributed by atoms with Gasteiger partial charge in [0.25, 0.3) is 0 Å². The summed E-state index contributed by atoms with van der Waals surface area (Å²) in [7, 11) is 5.02. The molecule has 0 aliphatic carbocycles. The van der Waals surface area contributed by atoms with Crippen LogP contribution in [0.5, 0.6) is 17.2 Å². The first-order valence-corrected chi connectivity index (χ1v) is 11.6. The van der Waals surface area contributed by atoms with Crippen LogP contribution in [0.15, 0.2) is 72.8 Å². The molecule has 0 spiro atoms. The molecule has 0 aromatic heterocycles. The van der Waals surface area contributed by atoms with Gasteiger partial charge in [-0.15, -0.1) is 0 Å². The van der Waals surface area contributed by atoms with Gasteiger partial charge in [0.15, 0.2) is 11.5 Å². The van der Waals surface area contributed by atoms with Crippen LogP contribution in [0.25, 0.3) is 0 Å². The Morgan fingerprint density at radius 2 is 1.16 bits per heavy atom. The number of ether oxygens (including phenoxy) is 3. The van der Waals surface area contributed by atoms with Gasteiger partial charge in [0, 0.05) is 5.92 Å². The van der Waals surface area contributed by atoms with Crippen molar-refractivity contribution in [1.82, 2.24) is 0 Å². The molecular formula is C29H36O3. The molecule has 0 radical (unpaired) electrons. The van der Waals surface area contributed by atoms with Crippen LogP contribution in [0.1, 0.15) is 67.6 Å². The van der Waals surface area contributed by atoms with Gasteiger partial charge in [0.1, 0.15) is 0 Å². The first-order valence-electron chi connectivity index (χ1n) is 11.6. The van der Waals surface area contributed by atoms with Crippen molar-refractivity contribution in [3.05, 3.63) is 89.5 Å². The summed E-state index contributed by atoms with van der Waals surface area (Å²) < 4.78 is 16.8. The summed E-state index contributed by atoms with van der Waals surface area (Å²) in [6.07, 6.45) is 5.70. The molecule has 3 aromatic rings. The Morgan fingerprint density at radius 1 is 0.625 bits per heavy atom. The second-order valence-electron chi connectivity index (χ2n) is 8.25. The zero-order valence-corrected chi connectivity index (χ0v) is 19.8. The molecule has 0 heterocycles. The van der Waals surface area contributed by atoms with E-state index in [1.54, 1.807) is 21.3 Å². The highest BCUT2D eigenvalue weighted by Gasteiger charge is 2.21. The van der Waals surface area contributed by atoms with Crippen LogP contribution in [0, 0.1) is 0 Å². The molecule has 0 aliphatic rings. The third-order valence-electron chi connectivity index (χ3n) is 6.27. The second kappa shape index (κ2) is 12.2. The van der Waals surface area contributed by atoms with Crippen molar-refractivity contribution < 1.29 is 14.2 Å². The highest BCUT2D eigenvalue weighted by molar-refractivity contribution is 5.54. The third-order valence-corrected chi connectivity index (χ3v) is 6.27. The van der Waals surface area contributed by atoms with Gasteiger partial charge in [-0.2, -0.15) is 0 Å². The fourth-order valence-corrected chi connectivity index (χ4v) is 4.53. The van der Waals surface area contributed by atoms with E-state index in [1.165, 1.54) is 29.5 Å². The minimum atomic E-state index is 0.378. The molecule has 170 valence electrons. The van der Waals surface area contributed by atoms with E-state index in [0.29, 0.717) is 17.6 Å². The molecule has 3 rings (SSSR count). The minimum absolute atomic E-state index is 0.378. The van der Waals surface area contributed by atoms with Crippen molar-refractivity contribution in [3.63, 3.8) is 0 Å². The first-order chi connectivity index (χ1) is 15.7. The normalized spacial score (nSPS) is 11.9. The molecule has 0 N–H and O–H groups in total. The molecule has 0 aliphatic heterocycles. The molecule has 1 atom stereocenters. The molecule has 0 fully saturated rings. The summed E-state index contributed by atoms with van der Waals surface area (Å²) in [5.41, 5.74) is 4.00. The lowest BCUT2D eigenvalue weighted by Gasteiger charge is -2.24. The zero-order valence-electron chi connectivity index (χ0n) is 19.8. The Labute approximate surface area is 193 Å². The monoisotopic (exact) mass is 432 g/mol. The Hall–Kier alpha value is -2.94. The van der Waals surface area contributed by atoms with E-state index in [1.807, 2.05) is 0 Å². The predicted molar refractivity (Wildman–Crippen MR) is 132 cm³/mol. The zero-order chi connectivity index (χ0) is 22.8. The summed E-state index contributed by atoms with van der Waals surface area (Å²) >= 11 is 0. The predicted octanol–water partition coefficient (Wildman–Crippen LogP) is 7.60. The van der Waals surface area contributed by atoms with Crippen molar-refractivity contribution in [3.8, 4) is 17.2 Å². The van der Waals surface area contributed by atoms with Crippen LogP contribution in [0.3, 0.4) is 0 Å². The molecule has 0 saturated heterocycles. The number of hydrogen-bond donors (Lipinski definition) is 0. The number of methoxy groups -OCH3 is 3. The van der Waals surface area contributed by atoms with Crippen LogP contribution in [0.2, 0.25) is 0 Å². The molecule has 3 heteroatoms. The molecule has 0 amide bonds. The SMILES string of the molecule is CCCCC(CCC(c1ccccc1)c1ccccc1)c1cc(OC)c(OC)c(OC)c1. The lowest BCUT2D eigenvalue weighted by molar-refractivity contribution is 0.323. The average molecular weight is 433 g/mol. The molecule has 0 saturated carbocycles. The van der Waals surface area contributed by atoms with E-state index in [-0.39, 0.29) is 0 Å². The van der Waals surface area contributed by atoms with Crippen LogP contribution in [-0.2, 0) is 0 Å². The van der Waals surface area contributed by atoms with Crippen molar-refractivity contribution in [2.75, 3.05) is 21.3 Å². The second-order valence-corrected chi connectivity index (χ2v) is 8.25. The topological polar surface area (TPSA) is 27.7 Å². The summed E-state index contributed by atoms with van der Waals surface area (Å²) in [5, 5.41) is 0. The molecule has 0 bridgehead atoms. The van der Waals surface area contributed by atoms with E-state index in [4.69, 9.17) is 14.2 Å². The Kier molecular flexibility index (Phi) is 9.03. The van der Waals surface area contributed by atoms with E-state index in [2.05, 4.69) is 79.7 Å². The van der Waals surface area contributed by atoms with Gasteiger partial charge in [0.2, 0.25) is 5.75 Å². The maximum absolute atomic E-state index is 5.63. The lowest BCUT2D eigenvalue weighted by Crippen LogP contribution is -2.07. The van der Waals surface area contributed by atoms with Crippen molar-refractivity contribution in [1.29, 1.82) is 0 Å². The lowest BCUT2D eigenvalue weighted by atomic mass is 9.82. The Bertz CT molecular complexity index is 873. The number of rotatable bonds is 12. The van der Waals surface area contributed by atoms with Crippen LogP contribution < -0.4 is 14.2 Å². The maximum atomic E-state index is 5.63. The van der Waals surface area contributed by atoms with E-state index in [0.717, 1.165) is 30.8 Å². The van der Waals surface area contributed by atoms with Gasteiger partial charge in [-0.05, 0) is 54.0 Å². The Balaban J connectivity index is 1.91. The van der Waals surface area contributed by atoms with Crippen LogP contribution >= 0.6 is 0 Å². The summed E-state index contributed by atoms with van der Waals surface area (Å²) in [5.74, 6) is 2.92. The molecular weight excluding hydrogens is 396 g/mol. The van der Waals surface area contributed by atoms with Gasteiger partial charge in [-0.3, -0.25) is 0 Å². The quantitative estimate of drug-likeness (QED) is 0.295. The molecule has 1 unspecified atom stereocenters. The van der Waals surface area contributed by atoms with Gasteiger partial charge < -0.3 is 14.2 Å². The van der Waals surface area contributed by atoms with E-state index in [9.17, 15) is 0 Å². The molecule has 32 heavy (non-hydrogen) atoms. The average Bonchev–Trinajstić information content (AvgIpc) is 2.86. The smallest absolute Gasteiger partial charge is 0.203 e. The number of benzene rings is 3. The fourth-order valence-electron chi connectivity index (χ4n) is 4.53. The highest BCUT2D eigenvalue weighted by atomic mass is 16.5. The number of unbranched alkanes of at least 4 members (excludes halogenated alkanes) is 1. The van der Waals surface area contributed by atoms with E-state index >= 15 is 0 Å². The molecule has 3 aromatic carbocycles.